The van der Waals surface area contributed by atoms with Crippen molar-refractivity contribution in [2.24, 2.45) is 5.92 Å². The molecule has 0 aromatic carbocycles. The molecule has 2 saturated heterocycles. The van der Waals surface area contributed by atoms with E-state index in [1.54, 1.807) is 0 Å². The Morgan fingerprint density at radius 1 is 1.71 bits per heavy atom. The molecule has 2 fully saturated rings. The Labute approximate surface area is 102 Å². The lowest BCUT2D eigenvalue weighted by molar-refractivity contribution is -0.124. The number of fused-ring (bicyclic) bond motifs is 1. The molecule has 2 aliphatic rings. The number of likely N-dealkylation sites (N-methyl/N-ethyl adjacent to an activating group) is 1. The molecule has 94 valence electrons. The van der Waals surface area contributed by atoms with Crippen molar-refractivity contribution in [3.63, 3.8) is 0 Å². The summed E-state index contributed by atoms with van der Waals surface area (Å²) in [5.41, 5.74) is 0. The largest absolute Gasteiger partial charge is 0.354 e. The first-order chi connectivity index (χ1) is 8.26. The van der Waals surface area contributed by atoms with E-state index in [-0.39, 0.29) is 17.9 Å². The Bertz CT molecular complexity index is 325. The van der Waals surface area contributed by atoms with Crippen molar-refractivity contribution in [2.75, 3.05) is 26.2 Å². The SMILES string of the molecule is CCNC(C#N)CN1CCCC2C(=O)NCC21. The molecule has 3 atom stereocenters. The quantitative estimate of drug-likeness (QED) is 0.703. The maximum absolute atomic E-state index is 11.6. The van der Waals surface area contributed by atoms with E-state index in [1.807, 2.05) is 6.92 Å². The zero-order valence-corrected chi connectivity index (χ0v) is 10.3. The van der Waals surface area contributed by atoms with Gasteiger partial charge in [-0.15, -0.1) is 0 Å². The molecule has 5 nitrogen and oxygen atoms in total. The predicted octanol–water partition coefficient (Wildman–Crippen LogP) is -0.302. The Hall–Kier alpha value is -1.12. The lowest BCUT2D eigenvalue weighted by Crippen LogP contribution is -2.50. The van der Waals surface area contributed by atoms with E-state index in [0.29, 0.717) is 6.04 Å². The first-order valence-electron chi connectivity index (χ1n) is 6.41. The van der Waals surface area contributed by atoms with Crippen molar-refractivity contribution < 1.29 is 4.79 Å². The summed E-state index contributed by atoms with van der Waals surface area (Å²) in [6.45, 7) is 5.27. The second-order valence-electron chi connectivity index (χ2n) is 4.80. The van der Waals surface area contributed by atoms with Crippen molar-refractivity contribution in [1.82, 2.24) is 15.5 Å². The van der Waals surface area contributed by atoms with E-state index < -0.39 is 0 Å². The topological polar surface area (TPSA) is 68.2 Å². The molecule has 1 amide bonds. The molecule has 0 aromatic heterocycles. The predicted molar refractivity (Wildman–Crippen MR) is 64.2 cm³/mol. The van der Waals surface area contributed by atoms with E-state index in [9.17, 15) is 4.79 Å². The van der Waals surface area contributed by atoms with Crippen molar-refractivity contribution in [2.45, 2.75) is 31.8 Å². The van der Waals surface area contributed by atoms with Gasteiger partial charge in [-0.3, -0.25) is 9.69 Å². The van der Waals surface area contributed by atoms with Crippen molar-refractivity contribution >= 4 is 5.91 Å². The highest BCUT2D eigenvalue weighted by atomic mass is 16.2. The van der Waals surface area contributed by atoms with Gasteiger partial charge in [0, 0.05) is 19.1 Å². The molecule has 2 aliphatic heterocycles. The zero-order chi connectivity index (χ0) is 12.3. The number of nitrogens with one attached hydrogen (secondary N) is 2. The Morgan fingerprint density at radius 2 is 2.53 bits per heavy atom. The Balaban J connectivity index is 1.96. The van der Waals surface area contributed by atoms with Crippen LogP contribution in [0.15, 0.2) is 0 Å². The van der Waals surface area contributed by atoms with E-state index in [1.165, 1.54) is 0 Å². The van der Waals surface area contributed by atoms with Crippen LogP contribution in [0, 0.1) is 17.2 Å². The van der Waals surface area contributed by atoms with Gasteiger partial charge in [-0.25, -0.2) is 0 Å². The van der Waals surface area contributed by atoms with Crippen LogP contribution in [0.2, 0.25) is 0 Å². The summed E-state index contributed by atoms with van der Waals surface area (Å²) >= 11 is 0. The average Bonchev–Trinajstić information content (AvgIpc) is 2.72. The van der Waals surface area contributed by atoms with E-state index >= 15 is 0 Å². The van der Waals surface area contributed by atoms with Gasteiger partial charge in [0.05, 0.1) is 12.0 Å². The van der Waals surface area contributed by atoms with Crippen LogP contribution in [-0.4, -0.2) is 49.1 Å². The average molecular weight is 236 g/mol. The lowest BCUT2D eigenvalue weighted by Gasteiger charge is -2.36. The highest BCUT2D eigenvalue weighted by molar-refractivity contribution is 5.82. The molecular weight excluding hydrogens is 216 g/mol. The molecule has 0 aromatic rings. The minimum atomic E-state index is -0.130. The molecule has 2 N–H and O–H groups in total. The van der Waals surface area contributed by atoms with E-state index in [0.717, 1.165) is 39.0 Å². The zero-order valence-electron chi connectivity index (χ0n) is 10.3. The normalized spacial score (nSPS) is 30.5. The molecule has 0 bridgehead atoms. The molecular formula is C12H20N4O. The van der Waals surface area contributed by atoms with E-state index in [4.69, 9.17) is 5.26 Å². The fraction of sp³-hybridized carbons (Fsp3) is 0.833. The molecule has 2 heterocycles. The van der Waals surface area contributed by atoms with Gasteiger partial charge in [0.15, 0.2) is 0 Å². The van der Waals surface area contributed by atoms with Crippen LogP contribution in [-0.2, 0) is 4.79 Å². The third-order valence-electron chi connectivity index (χ3n) is 3.74. The van der Waals surface area contributed by atoms with Gasteiger partial charge in [-0.1, -0.05) is 6.92 Å². The summed E-state index contributed by atoms with van der Waals surface area (Å²) in [6, 6.07) is 2.45. The van der Waals surface area contributed by atoms with Gasteiger partial charge in [-0.05, 0) is 25.9 Å². The number of likely N-dealkylation sites (tertiary alicyclic amines) is 1. The number of nitrogens with zero attached hydrogens (tertiary/aromatic N) is 2. The number of carbonyl (C=O) groups is 1. The summed E-state index contributed by atoms with van der Waals surface area (Å²) in [5, 5.41) is 15.2. The fourth-order valence-electron chi connectivity index (χ4n) is 2.90. The van der Waals surface area contributed by atoms with Crippen molar-refractivity contribution in [3.05, 3.63) is 0 Å². The van der Waals surface area contributed by atoms with Crippen molar-refractivity contribution in [3.8, 4) is 6.07 Å². The maximum Gasteiger partial charge on any atom is 0.224 e. The summed E-state index contributed by atoms with van der Waals surface area (Å²) in [7, 11) is 0. The third-order valence-corrected chi connectivity index (χ3v) is 3.74. The first kappa shape index (κ1) is 12.3. The number of amides is 1. The van der Waals surface area contributed by atoms with Gasteiger partial charge in [0.1, 0.15) is 6.04 Å². The van der Waals surface area contributed by atoms with Crippen LogP contribution in [0.25, 0.3) is 0 Å². The number of rotatable bonds is 4. The molecule has 0 spiro atoms. The number of carbonyl (C=O) groups excluding carboxylic acids is 1. The first-order valence-corrected chi connectivity index (χ1v) is 6.41. The van der Waals surface area contributed by atoms with Gasteiger partial charge in [-0.2, -0.15) is 5.26 Å². The fourth-order valence-corrected chi connectivity index (χ4v) is 2.90. The van der Waals surface area contributed by atoms with Crippen LogP contribution in [0.4, 0.5) is 0 Å². The number of nitriles is 1. The van der Waals surface area contributed by atoms with Crippen LogP contribution in [0.1, 0.15) is 19.8 Å². The highest BCUT2D eigenvalue weighted by Gasteiger charge is 2.40. The molecule has 0 aliphatic carbocycles. The highest BCUT2D eigenvalue weighted by Crippen LogP contribution is 2.27. The van der Waals surface area contributed by atoms with Crippen LogP contribution in [0.3, 0.4) is 0 Å². The van der Waals surface area contributed by atoms with Gasteiger partial charge in [0.25, 0.3) is 0 Å². The van der Waals surface area contributed by atoms with Gasteiger partial charge < -0.3 is 10.6 Å². The molecule has 5 heteroatoms. The number of piperidine rings is 1. The standard InChI is InChI=1S/C12H20N4O/c1-2-14-9(6-13)8-16-5-3-4-10-11(16)7-15-12(10)17/h9-11,14H,2-5,7-8H2,1H3,(H,15,17). The lowest BCUT2D eigenvalue weighted by atomic mass is 9.91. The number of hydrogen-bond donors (Lipinski definition) is 2. The minimum Gasteiger partial charge on any atom is -0.354 e. The minimum absolute atomic E-state index is 0.130. The Kier molecular flexibility index (Phi) is 3.97. The molecule has 17 heavy (non-hydrogen) atoms. The monoisotopic (exact) mass is 236 g/mol. The maximum atomic E-state index is 11.6. The molecule has 3 unspecified atom stereocenters. The second-order valence-corrected chi connectivity index (χ2v) is 4.80. The van der Waals surface area contributed by atoms with Crippen LogP contribution < -0.4 is 10.6 Å². The van der Waals surface area contributed by atoms with E-state index in [2.05, 4.69) is 21.6 Å². The summed E-state index contributed by atoms with van der Waals surface area (Å²) in [4.78, 5) is 13.9. The van der Waals surface area contributed by atoms with Crippen molar-refractivity contribution in [1.29, 1.82) is 5.26 Å². The summed E-state index contributed by atoms with van der Waals surface area (Å²) < 4.78 is 0. The third kappa shape index (κ3) is 2.59. The Morgan fingerprint density at radius 3 is 3.24 bits per heavy atom. The smallest absolute Gasteiger partial charge is 0.224 e. The van der Waals surface area contributed by atoms with Crippen LogP contribution in [0.5, 0.6) is 0 Å². The summed E-state index contributed by atoms with van der Waals surface area (Å²) in [6.07, 6.45) is 2.05. The van der Waals surface area contributed by atoms with Gasteiger partial charge in [0.2, 0.25) is 5.91 Å². The molecule has 2 rings (SSSR count). The summed E-state index contributed by atoms with van der Waals surface area (Å²) in [5.74, 6) is 0.335. The number of hydrogen-bond acceptors (Lipinski definition) is 4. The molecule has 0 radical (unpaired) electrons. The second kappa shape index (κ2) is 5.48. The molecule has 0 saturated carbocycles. The van der Waals surface area contributed by atoms with Crippen LogP contribution >= 0.6 is 0 Å². The van der Waals surface area contributed by atoms with Gasteiger partial charge >= 0.3 is 0 Å².